The van der Waals surface area contributed by atoms with Gasteiger partial charge >= 0.3 is 0 Å². The predicted octanol–water partition coefficient (Wildman–Crippen LogP) is 4.01. The van der Waals surface area contributed by atoms with Crippen LogP contribution in [0.4, 0.5) is 0 Å². The molecule has 84 valence electrons. The van der Waals surface area contributed by atoms with Gasteiger partial charge in [-0.2, -0.15) is 0 Å². The van der Waals surface area contributed by atoms with Crippen molar-refractivity contribution in [2.24, 2.45) is 23.7 Å². The van der Waals surface area contributed by atoms with Crippen LogP contribution in [0.3, 0.4) is 0 Å². The first-order valence-electron chi connectivity index (χ1n) is 6.85. The normalized spacial score (nSPS) is 48.8. The van der Waals surface area contributed by atoms with Crippen molar-refractivity contribution in [2.45, 2.75) is 38.0 Å². The van der Waals surface area contributed by atoms with E-state index in [9.17, 15) is 0 Å². The van der Waals surface area contributed by atoms with Crippen LogP contribution in [0.15, 0.2) is 30.3 Å². The van der Waals surface area contributed by atoms with E-state index in [0.29, 0.717) is 5.41 Å². The number of hydrogen-bond donors (Lipinski definition) is 0. The van der Waals surface area contributed by atoms with Crippen LogP contribution in [-0.2, 0) is 5.41 Å². The monoisotopic (exact) mass is 212 g/mol. The predicted molar refractivity (Wildman–Crippen MR) is 66.2 cm³/mol. The summed E-state index contributed by atoms with van der Waals surface area (Å²) in [4.78, 5) is 0. The molecule has 0 aromatic heterocycles. The highest BCUT2D eigenvalue weighted by Gasteiger charge is 2.65. The molecule has 5 unspecified atom stereocenters. The maximum Gasteiger partial charge on any atom is -0.000820 e. The van der Waals surface area contributed by atoms with Gasteiger partial charge in [0.05, 0.1) is 0 Å². The van der Waals surface area contributed by atoms with Gasteiger partial charge in [-0.15, -0.1) is 0 Å². The van der Waals surface area contributed by atoms with E-state index >= 15 is 0 Å². The van der Waals surface area contributed by atoms with E-state index in [-0.39, 0.29) is 0 Å². The lowest BCUT2D eigenvalue weighted by atomic mass is 9.34. The van der Waals surface area contributed by atoms with E-state index in [0.717, 1.165) is 23.7 Å². The first-order chi connectivity index (χ1) is 7.79. The Balaban J connectivity index is 1.76. The zero-order chi connectivity index (χ0) is 10.8. The average molecular weight is 212 g/mol. The van der Waals surface area contributed by atoms with Gasteiger partial charge in [0, 0.05) is 0 Å². The van der Waals surface area contributed by atoms with Crippen molar-refractivity contribution >= 4 is 0 Å². The molecule has 0 saturated heterocycles. The van der Waals surface area contributed by atoms with Crippen LogP contribution in [0.5, 0.6) is 0 Å². The summed E-state index contributed by atoms with van der Waals surface area (Å²) in [7, 11) is 0. The van der Waals surface area contributed by atoms with Crippen molar-refractivity contribution in [1.29, 1.82) is 0 Å². The van der Waals surface area contributed by atoms with E-state index in [4.69, 9.17) is 0 Å². The highest BCUT2D eigenvalue weighted by molar-refractivity contribution is 5.35. The van der Waals surface area contributed by atoms with Crippen molar-refractivity contribution in [1.82, 2.24) is 0 Å². The van der Waals surface area contributed by atoms with Gasteiger partial charge in [0.15, 0.2) is 0 Å². The van der Waals surface area contributed by atoms with Crippen molar-refractivity contribution in [3.05, 3.63) is 35.9 Å². The first-order valence-corrected chi connectivity index (χ1v) is 6.85. The summed E-state index contributed by atoms with van der Waals surface area (Å²) in [5.41, 5.74) is 2.25. The van der Waals surface area contributed by atoms with Gasteiger partial charge in [-0.3, -0.25) is 0 Å². The van der Waals surface area contributed by atoms with Gasteiger partial charge in [0.25, 0.3) is 0 Å². The molecule has 0 nitrogen and oxygen atoms in total. The van der Waals surface area contributed by atoms with Gasteiger partial charge in [-0.1, -0.05) is 37.3 Å². The number of rotatable bonds is 1. The minimum absolute atomic E-state index is 0.604. The third-order valence-electron chi connectivity index (χ3n) is 5.65. The topological polar surface area (TPSA) is 0 Å². The molecule has 1 aromatic rings. The fourth-order valence-corrected chi connectivity index (χ4v) is 5.31. The van der Waals surface area contributed by atoms with E-state index in [1.54, 1.807) is 12.0 Å². The molecule has 16 heavy (non-hydrogen) atoms. The quantitative estimate of drug-likeness (QED) is 0.660. The summed E-state index contributed by atoms with van der Waals surface area (Å²) < 4.78 is 0. The van der Waals surface area contributed by atoms with Crippen molar-refractivity contribution in [3.8, 4) is 0 Å². The summed E-state index contributed by atoms with van der Waals surface area (Å²) in [6, 6.07) is 11.4. The molecule has 0 spiro atoms. The second kappa shape index (κ2) is 2.91. The molecule has 4 rings (SSSR count). The average Bonchev–Trinajstić information content (AvgIpc) is 2.24. The maximum absolute atomic E-state index is 2.46. The van der Waals surface area contributed by atoms with Crippen molar-refractivity contribution in [2.75, 3.05) is 0 Å². The van der Waals surface area contributed by atoms with Gasteiger partial charge in [0.2, 0.25) is 0 Å². The Morgan fingerprint density at radius 2 is 1.81 bits per heavy atom. The Kier molecular flexibility index (Phi) is 1.69. The molecular weight excluding hydrogens is 192 g/mol. The molecule has 0 N–H and O–H groups in total. The molecule has 3 saturated carbocycles. The highest BCUT2D eigenvalue weighted by atomic mass is 14.7. The maximum atomic E-state index is 2.46. The summed E-state index contributed by atoms with van der Waals surface area (Å²) in [5, 5.41) is 0. The fourth-order valence-electron chi connectivity index (χ4n) is 5.31. The SMILES string of the molecule is CC1CC2CC3CC(c4ccccc4)(C1)C23. The zero-order valence-electron chi connectivity index (χ0n) is 10.0. The van der Waals surface area contributed by atoms with Crippen LogP contribution in [0, 0.1) is 23.7 Å². The molecular formula is C16H20. The highest BCUT2D eigenvalue weighted by Crippen LogP contribution is 2.71. The second-order valence-electron chi connectivity index (χ2n) is 6.55. The first kappa shape index (κ1) is 9.27. The van der Waals surface area contributed by atoms with E-state index in [1.807, 2.05) is 0 Å². The van der Waals surface area contributed by atoms with E-state index < -0.39 is 0 Å². The Labute approximate surface area is 98.1 Å². The molecule has 0 heteroatoms. The van der Waals surface area contributed by atoms with Crippen LogP contribution in [0.1, 0.15) is 38.2 Å². The van der Waals surface area contributed by atoms with Gasteiger partial charge in [-0.25, -0.2) is 0 Å². The summed E-state index contributed by atoms with van der Waals surface area (Å²) >= 11 is 0. The molecule has 3 aliphatic carbocycles. The third kappa shape index (κ3) is 0.965. The Hall–Kier alpha value is -0.780. The van der Waals surface area contributed by atoms with Gasteiger partial charge in [-0.05, 0) is 60.3 Å². The zero-order valence-corrected chi connectivity index (χ0v) is 10.0. The Bertz CT molecular complexity index is 407. The van der Waals surface area contributed by atoms with Crippen LogP contribution >= 0.6 is 0 Å². The lowest BCUT2D eigenvalue weighted by Crippen LogP contribution is -2.65. The molecule has 3 aliphatic rings. The van der Waals surface area contributed by atoms with Crippen LogP contribution in [-0.4, -0.2) is 0 Å². The molecule has 1 aromatic carbocycles. The molecule has 0 aliphatic heterocycles. The van der Waals surface area contributed by atoms with Gasteiger partial charge < -0.3 is 0 Å². The van der Waals surface area contributed by atoms with Gasteiger partial charge in [0.1, 0.15) is 0 Å². The third-order valence-corrected chi connectivity index (χ3v) is 5.65. The molecule has 0 radical (unpaired) electrons. The summed E-state index contributed by atoms with van der Waals surface area (Å²) in [6.07, 6.45) is 6.00. The molecule has 5 atom stereocenters. The summed E-state index contributed by atoms with van der Waals surface area (Å²) in [5.74, 6) is 4.18. The number of benzene rings is 1. The van der Waals surface area contributed by atoms with Crippen molar-refractivity contribution in [3.63, 3.8) is 0 Å². The van der Waals surface area contributed by atoms with Crippen LogP contribution in [0.25, 0.3) is 0 Å². The molecule has 3 fully saturated rings. The van der Waals surface area contributed by atoms with E-state index in [2.05, 4.69) is 37.3 Å². The second-order valence-corrected chi connectivity index (χ2v) is 6.55. The molecule has 0 amide bonds. The molecule has 0 heterocycles. The lowest BCUT2D eigenvalue weighted by Gasteiger charge is -2.70. The molecule has 0 bridgehead atoms. The lowest BCUT2D eigenvalue weighted by molar-refractivity contribution is -0.159. The Morgan fingerprint density at radius 1 is 1.00 bits per heavy atom. The summed E-state index contributed by atoms with van der Waals surface area (Å²) in [6.45, 7) is 2.46. The minimum atomic E-state index is 0.604. The smallest absolute Gasteiger partial charge is 0.000820 e. The van der Waals surface area contributed by atoms with Crippen LogP contribution in [0.2, 0.25) is 0 Å². The standard InChI is InChI=1S/C16H20/c1-11-7-12-8-13-10-16(9-11,15(12)13)14-5-3-2-4-6-14/h2-6,11-13,15H,7-10H2,1H3. The minimum Gasteiger partial charge on any atom is -0.0625 e. The largest absolute Gasteiger partial charge is 0.0625 e. The van der Waals surface area contributed by atoms with Crippen LogP contribution < -0.4 is 0 Å². The fraction of sp³-hybridized carbons (Fsp3) is 0.625. The van der Waals surface area contributed by atoms with Crippen molar-refractivity contribution < 1.29 is 0 Å². The Morgan fingerprint density at radius 3 is 2.56 bits per heavy atom. The van der Waals surface area contributed by atoms with E-state index in [1.165, 1.54) is 19.3 Å². The number of hydrogen-bond acceptors (Lipinski definition) is 0.